The number of aromatic nitrogens is 1. The summed E-state index contributed by atoms with van der Waals surface area (Å²) in [4.78, 5) is 9.46. The Labute approximate surface area is 184 Å². The maximum Gasteiger partial charge on any atom is 0.419 e. The van der Waals surface area contributed by atoms with Crippen molar-refractivity contribution in [1.82, 2.24) is 4.98 Å². The van der Waals surface area contributed by atoms with Crippen LogP contribution in [0.25, 0.3) is 0 Å². The number of nitrogens with two attached hydrogens (primary N) is 2. The Bertz CT molecular complexity index is 1060. The van der Waals surface area contributed by atoms with Gasteiger partial charge < -0.3 is 16.4 Å². The molecule has 0 unspecified atom stereocenters. The van der Waals surface area contributed by atoms with E-state index in [1.807, 2.05) is 0 Å². The summed E-state index contributed by atoms with van der Waals surface area (Å²) in [5.74, 6) is -0.253. The van der Waals surface area contributed by atoms with E-state index in [2.05, 4.69) is 9.98 Å². The number of nitrogens with zero attached hydrogens (tertiary/aromatic N) is 3. The van der Waals surface area contributed by atoms with Gasteiger partial charge in [0.15, 0.2) is 0 Å². The maximum absolute atomic E-state index is 13.3. The van der Waals surface area contributed by atoms with Gasteiger partial charge in [-0.3, -0.25) is 0 Å². The lowest BCUT2D eigenvalue weighted by atomic mass is 10.1. The lowest BCUT2D eigenvalue weighted by Gasteiger charge is -2.24. The molecule has 0 atom stereocenters. The highest BCUT2D eigenvalue weighted by molar-refractivity contribution is 6.31. The van der Waals surface area contributed by atoms with Gasteiger partial charge in [0.1, 0.15) is 11.7 Å². The molecule has 5 nitrogen and oxygen atoms in total. The van der Waals surface area contributed by atoms with Crippen LogP contribution in [0, 0.1) is 0 Å². The van der Waals surface area contributed by atoms with Gasteiger partial charge in [-0.1, -0.05) is 11.6 Å². The maximum atomic E-state index is 13.3. The standard InChI is InChI=1S/C20H18ClF6N5/c21-15-10-11(3-4-13(15)19(22,23)24)31-17(29)12-5-8-32(9-6-16(12)28)18-14(20(25,26)27)2-1-7-30-18/h1-4,7,10H,5-6,8-9,28H2,(H2,29,31). The summed E-state index contributed by atoms with van der Waals surface area (Å²) in [6.45, 7) is 0.314. The van der Waals surface area contributed by atoms with Crippen molar-refractivity contribution in [3.8, 4) is 0 Å². The molecule has 1 aliphatic heterocycles. The molecule has 3 rings (SSSR count). The highest BCUT2D eigenvalue weighted by atomic mass is 35.5. The number of anilines is 1. The Hall–Kier alpha value is -2.95. The minimum Gasteiger partial charge on any atom is -0.402 e. The fraction of sp³-hybridized carbons (Fsp3) is 0.300. The summed E-state index contributed by atoms with van der Waals surface area (Å²) in [6, 6.07) is 5.10. The molecule has 1 aromatic carbocycles. The van der Waals surface area contributed by atoms with E-state index in [1.165, 1.54) is 17.2 Å². The van der Waals surface area contributed by atoms with Crippen molar-refractivity contribution in [1.29, 1.82) is 0 Å². The topological polar surface area (TPSA) is 80.5 Å². The molecule has 0 saturated heterocycles. The Morgan fingerprint density at radius 2 is 1.66 bits per heavy atom. The average Bonchev–Trinajstić information content (AvgIpc) is 2.88. The van der Waals surface area contributed by atoms with E-state index >= 15 is 0 Å². The quantitative estimate of drug-likeness (QED) is 0.358. The highest BCUT2D eigenvalue weighted by Gasteiger charge is 2.36. The van der Waals surface area contributed by atoms with Gasteiger partial charge in [-0.2, -0.15) is 26.3 Å². The number of pyridine rings is 1. The predicted octanol–water partition coefficient (Wildman–Crippen LogP) is 5.27. The van der Waals surface area contributed by atoms with Crippen LogP contribution in [0.2, 0.25) is 5.02 Å². The van der Waals surface area contributed by atoms with E-state index in [4.69, 9.17) is 23.1 Å². The molecule has 32 heavy (non-hydrogen) atoms. The van der Waals surface area contributed by atoms with Crippen LogP contribution < -0.4 is 16.4 Å². The molecule has 2 aromatic rings. The van der Waals surface area contributed by atoms with Crippen LogP contribution in [0.5, 0.6) is 0 Å². The van der Waals surface area contributed by atoms with Crippen molar-refractivity contribution in [2.24, 2.45) is 16.5 Å². The summed E-state index contributed by atoms with van der Waals surface area (Å²) in [6.07, 6.45) is -7.53. The molecule has 1 aromatic heterocycles. The monoisotopic (exact) mass is 477 g/mol. The normalized spacial score (nSPS) is 16.3. The SMILES string of the molecule is NC(=Nc1ccc(C(F)(F)F)c(Cl)c1)C1=C(N)CCN(c2ncccc2C(F)(F)F)CC1. The van der Waals surface area contributed by atoms with Crippen molar-refractivity contribution in [3.63, 3.8) is 0 Å². The number of alkyl halides is 6. The lowest BCUT2D eigenvalue weighted by Crippen LogP contribution is -2.28. The van der Waals surface area contributed by atoms with Crippen molar-refractivity contribution in [2.45, 2.75) is 25.2 Å². The molecule has 172 valence electrons. The second-order valence-corrected chi connectivity index (χ2v) is 7.43. The molecule has 0 fully saturated rings. The predicted molar refractivity (Wildman–Crippen MR) is 110 cm³/mol. The van der Waals surface area contributed by atoms with Gasteiger partial charge in [-0.15, -0.1) is 0 Å². The van der Waals surface area contributed by atoms with Crippen LogP contribution in [0.1, 0.15) is 24.0 Å². The van der Waals surface area contributed by atoms with Crippen molar-refractivity contribution < 1.29 is 26.3 Å². The molecule has 0 spiro atoms. The fourth-order valence-electron chi connectivity index (χ4n) is 3.31. The second-order valence-electron chi connectivity index (χ2n) is 7.02. The van der Waals surface area contributed by atoms with E-state index in [9.17, 15) is 26.3 Å². The van der Waals surface area contributed by atoms with E-state index in [1.54, 1.807) is 0 Å². The van der Waals surface area contributed by atoms with Crippen molar-refractivity contribution in [2.75, 3.05) is 18.0 Å². The number of benzene rings is 1. The number of halogens is 7. The third-order valence-corrected chi connectivity index (χ3v) is 5.19. The van der Waals surface area contributed by atoms with Gasteiger partial charge >= 0.3 is 12.4 Å². The molecule has 1 aliphatic rings. The summed E-state index contributed by atoms with van der Waals surface area (Å²) < 4.78 is 78.6. The van der Waals surface area contributed by atoms with Gasteiger partial charge in [0.2, 0.25) is 0 Å². The van der Waals surface area contributed by atoms with Crippen LogP contribution in [0.15, 0.2) is 52.8 Å². The van der Waals surface area contributed by atoms with E-state index < -0.39 is 28.5 Å². The molecular formula is C20H18ClF6N5. The van der Waals surface area contributed by atoms with Crippen molar-refractivity contribution >= 4 is 28.9 Å². The average molecular weight is 478 g/mol. The number of rotatable bonds is 3. The molecule has 0 radical (unpaired) electrons. The first kappa shape index (κ1) is 23.7. The Kier molecular flexibility index (Phi) is 6.59. The fourth-order valence-corrected chi connectivity index (χ4v) is 3.59. The van der Waals surface area contributed by atoms with Crippen LogP contribution in [0.4, 0.5) is 37.8 Å². The largest absolute Gasteiger partial charge is 0.419 e. The molecule has 2 heterocycles. The molecule has 0 amide bonds. The van der Waals surface area contributed by atoms with E-state index in [0.717, 1.165) is 24.3 Å². The van der Waals surface area contributed by atoms with Gasteiger partial charge in [0.25, 0.3) is 0 Å². The first-order valence-electron chi connectivity index (χ1n) is 9.34. The number of hydrogen-bond donors (Lipinski definition) is 2. The molecule has 0 saturated carbocycles. The van der Waals surface area contributed by atoms with Crippen LogP contribution >= 0.6 is 11.6 Å². The summed E-state index contributed by atoms with van der Waals surface area (Å²) in [7, 11) is 0. The summed E-state index contributed by atoms with van der Waals surface area (Å²) >= 11 is 5.70. The summed E-state index contributed by atoms with van der Waals surface area (Å²) in [5, 5.41) is -0.532. The Morgan fingerprint density at radius 3 is 2.28 bits per heavy atom. The Balaban J connectivity index is 1.83. The van der Waals surface area contributed by atoms with Crippen LogP contribution in [-0.2, 0) is 12.4 Å². The zero-order valence-corrected chi connectivity index (χ0v) is 17.2. The number of hydrogen-bond acceptors (Lipinski definition) is 4. The van der Waals surface area contributed by atoms with Crippen molar-refractivity contribution in [3.05, 3.63) is 63.9 Å². The smallest absolute Gasteiger partial charge is 0.402 e. The summed E-state index contributed by atoms with van der Waals surface area (Å²) in [5.41, 5.74) is 11.1. The Morgan fingerprint density at radius 1 is 1.00 bits per heavy atom. The zero-order chi connectivity index (χ0) is 23.7. The molecular weight excluding hydrogens is 460 g/mol. The zero-order valence-electron chi connectivity index (χ0n) is 16.4. The third kappa shape index (κ3) is 5.26. The molecule has 12 heteroatoms. The van der Waals surface area contributed by atoms with E-state index in [-0.39, 0.29) is 43.3 Å². The second kappa shape index (κ2) is 8.89. The first-order valence-corrected chi connectivity index (χ1v) is 9.71. The third-order valence-electron chi connectivity index (χ3n) is 4.88. The van der Waals surface area contributed by atoms with E-state index in [0.29, 0.717) is 11.3 Å². The van der Waals surface area contributed by atoms with Gasteiger partial charge in [0, 0.05) is 37.0 Å². The first-order chi connectivity index (χ1) is 14.9. The highest BCUT2D eigenvalue weighted by Crippen LogP contribution is 2.37. The number of aliphatic imine (C=N–C) groups is 1. The van der Waals surface area contributed by atoms with Gasteiger partial charge in [0.05, 0.1) is 21.8 Å². The minimum absolute atomic E-state index is 0.0442. The van der Waals surface area contributed by atoms with Gasteiger partial charge in [-0.05, 0) is 36.8 Å². The molecule has 4 N–H and O–H groups in total. The molecule has 0 aliphatic carbocycles. The van der Waals surface area contributed by atoms with Crippen LogP contribution in [0.3, 0.4) is 0 Å². The molecule has 0 bridgehead atoms. The minimum atomic E-state index is -4.61. The number of amidine groups is 1. The lowest BCUT2D eigenvalue weighted by molar-refractivity contribution is -0.138. The van der Waals surface area contributed by atoms with Crippen LogP contribution in [-0.4, -0.2) is 23.9 Å². The van der Waals surface area contributed by atoms with Gasteiger partial charge in [-0.25, -0.2) is 9.98 Å².